The highest BCUT2D eigenvalue weighted by atomic mass is 19.4. The van der Waals surface area contributed by atoms with Crippen molar-refractivity contribution in [2.45, 2.75) is 25.6 Å². The summed E-state index contributed by atoms with van der Waals surface area (Å²) in [4.78, 5) is 0. The molecule has 0 saturated heterocycles. The van der Waals surface area contributed by atoms with Gasteiger partial charge in [0.05, 0.1) is 5.56 Å². The molecule has 3 rings (SSSR count). The predicted molar refractivity (Wildman–Crippen MR) is 75.7 cm³/mol. The molecule has 0 amide bonds. The van der Waals surface area contributed by atoms with Crippen LogP contribution in [-0.2, 0) is 12.6 Å². The maximum atomic E-state index is 13.7. The Labute approximate surface area is 125 Å². The molecule has 1 aliphatic heterocycles. The smallest absolute Gasteiger partial charge is 0.417 e. The van der Waals surface area contributed by atoms with Crippen molar-refractivity contribution in [3.8, 4) is 16.9 Å². The molecule has 0 spiro atoms. The summed E-state index contributed by atoms with van der Waals surface area (Å²) >= 11 is 0. The first-order valence-corrected chi connectivity index (χ1v) is 6.52. The van der Waals surface area contributed by atoms with E-state index in [0.29, 0.717) is 17.7 Å². The third-order valence-corrected chi connectivity index (χ3v) is 3.48. The lowest BCUT2D eigenvalue weighted by Crippen LogP contribution is -2.08. The Morgan fingerprint density at radius 2 is 1.77 bits per heavy atom. The molecule has 2 nitrogen and oxygen atoms in total. The molecule has 6 heteroatoms. The molecule has 0 fully saturated rings. The van der Waals surface area contributed by atoms with E-state index < -0.39 is 17.6 Å². The van der Waals surface area contributed by atoms with Crippen molar-refractivity contribution in [3.05, 3.63) is 53.3 Å². The Kier molecular flexibility index (Phi) is 4.15. The van der Waals surface area contributed by atoms with E-state index in [1.807, 2.05) is 0 Å². The number of rotatable bonds is 1. The first-order chi connectivity index (χ1) is 9.86. The number of halogens is 4. The van der Waals surface area contributed by atoms with Crippen molar-refractivity contribution in [2.75, 3.05) is 0 Å². The van der Waals surface area contributed by atoms with E-state index in [2.05, 4.69) is 0 Å². The minimum absolute atomic E-state index is 0. The highest BCUT2D eigenvalue weighted by molar-refractivity contribution is 5.76. The molecule has 118 valence electrons. The molecule has 1 aliphatic rings. The fourth-order valence-corrected chi connectivity index (χ4v) is 2.66. The summed E-state index contributed by atoms with van der Waals surface area (Å²) in [5, 5.41) is 0. The van der Waals surface area contributed by atoms with E-state index in [-0.39, 0.29) is 23.4 Å². The summed E-state index contributed by atoms with van der Waals surface area (Å²) in [7, 11) is 0. The normalized spacial score (nSPS) is 16.7. The molecule has 0 aromatic heterocycles. The number of hydrogen-bond acceptors (Lipinski definition) is 2. The van der Waals surface area contributed by atoms with Gasteiger partial charge in [0.15, 0.2) is 0 Å². The molecule has 1 atom stereocenters. The van der Waals surface area contributed by atoms with Crippen LogP contribution >= 0.6 is 0 Å². The quantitative estimate of drug-likeness (QED) is 0.753. The average Bonchev–Trinajstić information content (AvgIpc) is 2.77. The van der Waals surface area contributed by atoms with E-state index >= 15 is 0 Å². The van der Waals surface area contributed by atoms with Gasteiger partial charge < -0.3 is 10.9 Å². The van der Waals surface area contributed by atoms with Crippen molar-refractivity contribution < 1.29 is 22.3 Å². The molecule has 0 saturated carbocycles. The second kappa shape index (κ2) is 5.61. The van der Waals surface area contributed by atoms with Crippen molar-refractivity contribution in [1.82, 2.24) is 6.15 Å². The van der Waals surface area contributed by atoms with Crippen LogP contribution in [0.1, 0.15) is 18.1 Å². The minimum Gasteiger partial charge on any atom is -0.489 e. The zero-order chi connectivity index (χ0) is 15.2. The number of hydrogen-bond donors (Lipinski definition) is 1. The zero-order valence-electron chi connectivity index (χ0n) is 11.9. The van der Waals surface area contributed by atoms with Crippen molar-refractivity contribution >= 4 is 0 Å². The van der Waals surface area contributed by atoms with Crippen LogP contribution in [0.3, 0.4) is 0 Å². The lowest BCUT2D eigenvalue weighted by atomic mass is 9.96. The first kappa shape index (κ1) is 16.3. The maximum Gasteiger partial charge on any atom is 0.417 e. The molecule has 0 bridgehead atoms. The van der Waals surface area contributed by atoms with Gasteiger partial charge in [-0.2, -0.15) is 13.2 Å². The molecule has 2 aromatic carbocycles. The molecule has 22 heavy (non-hydrogen) atoms. The van der Waals surface area contributed by atoms with Gasteiger partial charge in [0.25, 0.3) is 0 Å². The van der Waals surface area contributed by atoms with Gasteiger partial charge in [-0.05, 0) is 30.7 Å². The SMILES string of the molecule is CC1Cc2cc(F)cc(-c3ccccc3C(F)(F)F)c2O1.N. The number of alkyl halides is 3. The topological polar surface area (TPSA) is 44.2 Å². The summed E-state index contributed by atoms with van der Waals surface area (Å²) in [6.45, 7) is 1.80. The number of benzene rings is 2. The van der Waals surface area contributed by atoms with Crippen molar-refractivity contribution in [1.29, 1.82) is 0 Å². The maximum absolute atomic E-state index is 13.7. The fourth-order valence-electron chi connectivity index (χ4n) is 2.66. The van der Waals surface area contributed by atoms with E-state index in [4.69, 9.17) is 4.74 Å². The van der Waals surface area contributed by atoms with Gasteiger partial charge in [-0.3, -0.25) is 0 Å². The minimum atomic E-state index is -4.50. The van der Waals surface area contributed by atoms with Gasteiger partial charge >= 0.3 is 6.18 Å². The van der Waals surface area contributed by atoms with Gasteiger partial charge in [-0.15, -0.1) is 0 Å². The van der Waals surface area contributed by atoms with Gasteiger partial charge in [0.2, 0.25) is 0 Å². The van der Waals surface area contributed by atoms with Crippen LogP contribution in [0.5, 0.6) is 5.75 Å². The number of fused-ring (bicyclic) bond motifs is 1. The van der Waals surface area contributed by atoms with E-state index in [1.54, 1.807) is 6.92 Å². The van der Waals surface area contributed by atoms with Crippen molar-refractivity contribution in [3.63, 3.8) is 0 Å². The van der Waals surface area contributed by atoms with Crippen molar-refractivity contribution in [2.24, 2.45) is 0 Å². The fraction of sp³-hybridized carbons (Fsp3) is 0.250. The third kappa shape index (κ3) is 2.78. The molecule has 1 heterocycles. The van der Waals surface area contributed by atoms with Gasteiger partial charge in [-0.25, -0.2) is 4.39 Å². The highest BCUT2D eigenvalue weighted by Gasteiger charge is 2.35. The van der Waals surface area contributed by atoms with Gasteiger partial charge in [0.1, 0.15) is 17.7 Å². The van der Waals surface area contributed by atoms with Gasteiger partial charge in [-0.1, -0.05) is 18.2 Å². The second-order valence-corrected chi connectivity index (χ2v) is 5.12. The third-order valence-electron chi connectivity index (χ3n) is 3.48. The predicted octanol–water partition coefficient (Wildman–Crippen LogP) is 5.00. The summed E-state index contributed by atoms with van der Waals surface area (Å²) in [5.41, 5.74) is -0.0902. The molecule has 0 aliphatic carbocycles. The number of ether oxygens (including phenoxy) is 1. The van der Waals surface area contributed by atoms with Crippen LogP contribution < -0.4 is 10.9 Å². The molecular formula is C16H15F4NO. The molecule has 3 N–H and O–H groups in total. The standard InChI is InChI=1S/C16H12F4O.H3N/c1-9-6-10-7-11(17)8-13(15(10)21-9)12-4-2-3-5-14(12)16(18,19)20;/h2-5,7-9H,6H2,1H3;1H3. The van der Waals surface area contributed by atoms with E-state index in [1.165, 1.54) is 24.3 Å². The van der Waals surface area contributed by atoms with Gasteiger partial charge in [0, 0.05) is 17.5 Å². The molecule has 0 radical (unpaired) electrons. The summed E-state index contributed by atoms with van der Waals surface area (Å²) < 4.78 is 58.7. The lowest BCUT2D eigenvalue weighted by Gasteiger charge is -2.15. The Balaban J connectivity index is 0.00000176. The van der Waals surface area contributed by atoms with E-state index in [9.17, 15) is 17.6 Å². The Hall–Kier alpha value is -2.08. The first-order valence-electron chi connectivity index (χ1n) is 6.52. The Morgan fingerprint density at radius 1 is 1.09 bits per heavy atom. The van der Waals surface area contributed by atoms with Crippen LogP contribution in [0.4, 0.5) is 17.6 Å². The van der Waals surface area contributed by atoms with Crippen LogP contribution in [0.2, 0.25) is 0 Å². The largest absolute Gasteiger partial charge is 0.489 e. The summed E-state index contributed by atoms with van der Waals surface area (Å²) in [6.07, 6.45) is -4.17. The average molecular weight is 313 g/mol. The Bertz CT molecular complexity index is 697. The van der Waals surface area contributed by atoms with Crippen LogP contribution in [0, 0.1) is 5.82 Å². The van der Waals surface area contributed by atoms with Crippen LogP contribution in [-0.4, -0.2) is 6.10 Å². The summed E-state index contributed by atoms with van der Waals surface area (Å²) in [6, 6.07) is 7.56. The monoisotopic (exact) mass is 313 g/mol. The molecule has 2 aromatic rings. The second-order valence-electron chi connectivity index (χ2n) is 5.12. The van der Waals surface area contributed by atoms with Crippen LogP contribution in [0.15, 0.2) is 36.4 Å². The zero-order valence-corrected chi connectivity index (χ0v) is 11.9. The molecule has 1 unspecified atom stereocenters. The van der Waals surface area contributed by atoms with E-state index in [0.717, 1.165) is 12.1 Å². The highest BCUT2D eigenvalue weighted by Crippen LogP contribution is 2.44. The molecular weight excluding hydrogens is 298 g/mol. The summed E-state index contributed by atoms with van der Waals surface area (Å²) in [5.74, 6) is -0.209. The Morgan fingerprint density at radius 3 is 2.45 bits per heavy atom. The lowest BCUT2D eigenvalue weighted by molar-refractivity contribution is -0.137. The van der Waals surface area contributed by atoms with Crippen LogP contribution in [0.25, 0.3) is 11.1 Å².